The third-order valence-electron chi connectivity index (χ3n) is 4.64. The molecule has 0 aliphatic carbocycles. The molecular formula is C16H30N2O3. The maximum atomic E-state index is 12.5. The molecule has 5 nitrogen and oxygen atoms in total. The van der Waals surface area contributed by atoms with Crippen LogP contribution in [0.2, 0.25) is 0 Å². The lowest BCUT2D eigenvalue weighted by Crippen LogP contribution is -2.48. The fourth-order valence-electron chi connectivity index (χ4n) is 3.01. The second-order valence-electron chi connectivity index (χ2n) is 6.60. The number of carboxylic acid groups (broad SMARTS) is 1. The predicted octanol–water partition coefficient (Wildman–Crippen LogP) is 2.91. The molecule has 0 saturated carbocycles. The summed E-state index contributed by atoms with van der Waals surface area (Å²) in [5.74, 6) is 0.180. The van der Waals surface area contributed by atoms with E-state index in [0.29, 0.717) is 18.4 Å². The van der Waals surface area contributed by atoms with Gasteiger partial charge < -0.3 is 14.9 Å². The number of hydrogen-bond donors (Lipinski definition) is 1. The van der Waals surface area contributed by atoms with E-state index in [9.17, 15) is 9.59 Å². The van der Waals surface area contributed by atoms with Gasteiger partial charge >= 0.3 is 12.0 Å². The minimum absolute atomic E-state index is 0.0857. The maximum absolute atomic E-state index is 12.5. The Kier molecular flexibility index (Phi) is 6.99. The van der Waals surface area contributed by atoms with Crippen molar-refractivity contribution >= 4 is 12.0 Å². The van der Waals surface area contributed by atoms with E-state index >= 15 is 0 Å². The van der Waals surface area contributed by atoms with Crippen LogP contribution in [-0.4, -0.2) is 53.6 Å². The predicted molar refractivity (Wildman–Crippen MR) is 83.2 cm³/mol. The Morgan fingerprint density at radius 2 is 2.05 bits per heavy atom. The number of hydrogen-bond acceptors (Lipinski definition) is 2. The zero-order valence-electron chi connectivity index (χ0n) is 13.8. The summed E-state index contributed by atoms with van der Waals surface area (Å²) in [6, 6.07) is 0.0857. The van der Waals surface area contributed by atoms with Crippen molar-refractivity contribution in [2.24, 2.45) is 17.8 Å². The van der Waals surface area contributed by atoms with Crippen LogP contribution in [0.25, 0.3) is 0 Å². The molecule has 0 aromatic carbocycles. The highest BCUT2D eigenvalue weighted by Crippen LogP contribution is 2.26. The Balaban J connectivity index is 2.54. The van der Waals surface area contributed by atoms with Gasteiger partial charge in [0.1, 0.15) is 0 Å². The number of nitrogens with zero attached hydrogens (tertiary/aromatic N) is 2. The van der Waals surface area contributed by atoms with Crippen LogP contribution in [0.3, 0.4) is 0 Å². The van der Waals surface area contributed by atoms with Gasteiger partial charge in [-0.15, -0.1) is 0 Å². The Hall–Kier alpha value is -1.26. The van der Waals surface area contributed by atoms with Crippen LogP contribution >= 0.6 is 0 Å². The second-order valence-corrected chi connectivity index (χ2v) is 6.60. The SMILES string of the molecule is CCC(C)CN(C)C(=O)N1CCCC(C(C)CC(=O)O)C1. The molecule has 1 aliphatic heterocycles. The summed E-state index contributed by atoms with van der Waals surface area (Å²) in [5, 5.41) is 8.92. The summed E-state index contributed by atoms with van der Waals surface area (Å²) in [6.07, 6.45) is 3.25. The van der Waals surface area contributed by atoms with Gasteiger partial charge in [0.15, 0.2) is 0 Å². The zero-order valence-corrected chi connectivity index (χ0v) is 13.8. The van der Waals surface area contributed by atoms with Crippen molar-refractivity contribution in [1.29, 1.82) is 0 Å². The molecule has 1 rings (SSSR count). The van der Waals surface area contributed by atoms with Gasteiger partial charge in [-0.05, 0) is 30.6 Å². The summed E-state index contributed by atoms with van der Waals surface area (Å²) in [7, 11) is 1.86. The molecule has 3 atom stereocenters. The Morgan fingerprint density at radius 3 is 2.62 bits per heavy atom. The molecule has 5 heteroatoms. The van der Waals surface area contributed by atoms with Crippen molar-refractivity contribution in [2.75, 3.05) is 26.7 Å². The summed E-state index contributed by atoms with van der Waals surface area (Å²) in [6.45, 7) is 8.53. The fraction of sp³-hybridized carbons (Fsp3) is 0.875. The van der Waals surface area contributed by atoms with E-state index in [2.05, 4.69) is 13.8 Å². The van der Waals surface area contributed by atoms with Crippen molar-refractivity contribution in [1.82, 2.24) is 9.80 Å². The molecule has 122 valence electrons. The van der Waals surface area contributed by atoms with E-state index in [0.717, 1.165) is 32.4 Å². The number of likely N-dealkylation sites (tertiary alicyclic amines) is 1. The van der Waals surface area contributed by atoms with Crippen LogP contribution < -0.4 is 0 Å². The number of piperidine rings is 1. The average molecular weight is 298 g/mol. The lowest BCUT2D eigenvalue weighted by molar-refractivity contribution is -0.138. The lowest BCUT2D eigenvalue weighted by atomic mass is 9.85. The van der Waals surface area contributed by atoms with Gasteiger partial charge in [0, 0.05) is 33.1 Å². The van der Waals surface area contributed by atoms with Crippen molar-refractivity contribution in [3.63, 3.8) is 0 Å². The highest BCUT2D eigenvalue weighted by molar-refractivity contribution is 5.74. The van der Waals surface area contributed by atoms with E-state index in [1.165, 1.54) is 0 Å². The van der Waals surface area contributed by atoms with Crippen LogP contribution in [0, 0.1) is 17.8 Å². The van der Waals surface area contributed by atoms with Gasteiger partial charge in [0.2, 0.25) is 0 Å². The molecule has 0 bridgehead atoms. The van der Waals surface area contributed by atoms with Crippen LogP contribution in [-0.2, 0) is 4.79 Å². The molecule has 2 amide bonds. The summed E-state index contributed by atoms with van der Waals surface area (Å²) < 4.78 is 0. The molecule has 0 spiro atoms. The molecule has 21 heavy (non-hydrogen) atoms. The molecule has 1 N–H and O–H groups in total. The number of rotatable bonds is 6. The summed E-state index contributed by atoms with van der Waals surface area (Å²) >= 11 is 0. The van der Waals surface area contributed by atoms with Crippen molar-refractivity contribution in [3.8, 4) is 0 Å². The van der Waals surface area contributed by atoms with Gasteiger partial charge in [-0.3, -0.25) is 4.79 Å². The smallest absolute Gasteiger partial charge is 0.319 e. The number of aliphatic carboxylic acids is 1. The Bertz CT molecular complexity index is 359. The van der Waals surface area contributed by atoms with E-state index in [1.807, 2.05) is 18.9 Å². The van der Waals surface area contributed by atoms with E-state index < -0.39 is 5.97 Å². The molecule has 0 aromatic rings. The number of urea groups is 1. The van der Waals surface area contributed by atoms with Crippen LogP contribution in [0.5, 0.6) is 0 Å². The lowest BCUT2D eigenvalue weighted by Gasteiger charge is -2.37. The zero-order chi connectivity index (χ0) is 16.0. The van der Waals surface area contributed by atoms with Crippen LogP contribution in [0.4, 0.5) is 4.79 Å². The van der Waals surface area contributed by atoms with Crippen LogP contribution in [0.15, 0.2) is 0 Å². The van der Waals surface area contributed by atoms with Crippen molar-refractivity contribution < 1.29 is 14.7 Å². The highest BCUT2D eigenvalue weighted by Gasteiger charge is 2.29. The molecule has 0 aromatic heterocycles. The first-order valence-electron chi connectivity index (χ1n) is 8.06. The average Bonchev–Trinajstić information content (AvgIpc) is 2.45. The van der Waals surface area contributed by atoms with Gasteiger partial charge in [0.05, 0.1) is 0 Å². The van der Waals surface area contributed by atoms with Gasteiger partial charge in [-0.25, -0.2) is 4.79 Å². The standard InChI is InChI=1S/C16H30N2O3/c1-5-12(2)10-17(4)16(21)18-8-6-7-14(11-18)13(3)9-15(19)20/h12-14H,5-11H2,1-4H3,(H,19,20). The molecule has 1 aliphatic rings. The Morgan fingerprint density at radius 1 is 1.38 bits per heavy atom. The molecular weight excluding hydrogens is 268 g/mol. The number of amides is 2. The molecule has 1 fully saturated rings. The molecule has 1 saturated heterocycles. The van der Waals surface area contributed by atoms with Gasteiger partial charge in [0.25, 0.3) is 0 Å². The first-order chi connectivity index (χ1) is 9.85. The van der Waals surface area contributed by atoms with E-state index in [4.69, 9.17) is 5.11 Å². The number of carbonyl (C=O) groups is 2. The topological polar surface area (TPSA) is 60.9 Å². The Labute approximate surface area is 128 Å². The van der Waals surface area contributed by atoms with Crippen LogP contribution in [0.1, 0.15) is 46.5 Å². The summed E-state index contributed by atoms with van der Waals surface area (Å²) in [4.78, 5) is 27.0. The number of carboxylic acids is 1. The first-order valence-corrected chi connectivity index (χ1v) is 8.06. The third-order valence-corrected chi connectivity index (χ3v) is 4.64. The second kappa shape index (κ2) is 8.25. The molecule has 0 radical (unpaired) electrons. The minimum Gasteiger partial charge on any atom is -0.481 e. The quantitative estimate of drug-likeness (QED) is 0.820. The normalized spacial score (nSPS) is 21.7. The molecule has 1 heterocycles. The van der Waals surface area contributed by atoms with Crippen molar-refractivity contribution in [3.05, 3.63) is 0 Å². The highest BCUT2D eigenvalue weighted by atomic mass is 16.4. The van der Waals surface area contributed by atoms with Gasteiger partial charge in [-0.1, -0.05) is 27.2 Å². The fourth-order valence-corrected chi connectivity index (χ4v) is 3.01. The molecule has 3 unspecified atom stereocenters. The summed E-state index contributed by atoms with van der Waals surface area (Å²) in [5.41, 5.74) is 0. The van der Waals surface area contributed by atoms with Crippen molar-refractivity contribution in [2.45, 2.75) is 46.5 Å². The minimum atomic E-state index is -0.750. The third kappa shape index (κ3) is 5.56. The first kappa shape index (κ1) is 17.8. The van der Waals surface area contributed by atoms with E-state index in [-0.39, 0.29) is 18.4 Å². The van der Waals surface area contributed by atoms with Gasteiger partial charge in [-0.2, -0.15) is 0 Å². The largest absolute Gasteiger partial charge is 0.481 e. The van der Waals surface area contributed by atoms with E-state index in [1.54, 1.807) is 4.90 Å². The monoisotopic (exact) mass is 298 g/mol. The number of carbonyl (C=O) groups excluding carboxylic acids is 1. The maximum Gasteiger partial charge on any atom is 0.319 e.